The highest BCUT2D eigenvalue weighted by atomic mass is 79.9. The number of halogens is 1. The van der Waals surface area contributed by atoms with Crippen LogP contribution < -0.4 is 4.74 Å². The molecule has 0 aliphatic carbocycles. The number of pyridine rings is 1. The molecular weight excluding hydrogens is 260 g/mol. The molecule has 0 aromatic carbocycles. The molecule has 0 spiro atoms. The van der Waals surface area contributed by atoms with E-state index >= 15 is 0 Å². The molecule has 0 atom stereocenters. The van der Waals surface area contributed by atoms with E-state index in [-0.39, 0.29) is 11.4 Å². The second-order valence-electron chi connectivity index (χ2n) is 2.69. The van der Waals surface area contributed by atoms with Gasteiger partial charge in [-0.1, -0.05) is 0 Å². The first-order valence-electron chi connectivity index (χ1n) is 3.65. The van der Waals surface area contributed by atoms with Crippen molar-refractivity contribution < 1.29 is 9.66 Å². The highest BCUT2D eigenvalue weighted by Gasteiger charge is 2.20. The van der Waals surface area contributed by atoms with Crippen molar-refractivity contribution in [2.75, 3.05) is 0 Å². The molecule has 0 unspecified atom stereocenters. The topological polar surface area (TPSA) is 65.3 Å². The van der Waals surface area contributed by atoms with Crippen molar-refractivity contribution in [2.45, 2.75) is 5.30 Å². The lowest BCUT2D eigenvalue weighted by Gasteiger charge is -2.22. The van der Waals surface area contributed by atoms with Crippen molar-refractivity contribution in [3.05, 3.63) is 27.0 Å². The summed E-state index contributed by atoms with van der Waals surface area (Å²) in [7, 11) is 15.4. The Morgan fingerprint density at radius 3 is 2.60 bits per heavy atom. The average molecular weight is 262 g/mol. The Balaban J connectivity index is 3.12. The third kappa shape index (κ3) is 3.58. The van der Waals surface area contributed by atoms with Crippen LogP contribution in [0.25, 0.3) is 0 Å². The van der Waals surface area contributed by atoms with E-state index in [4.69, 9.17) is 28.3 Å². The van der Waals surface area contributed by atoms with Crippen LogP contribution in [0.5, 0.6) is 5.75 Å². The molecule has 0 aliphatic rings. The molecule has 15 heavy (non-hydrogen) atoms. The molecule has 5 nitrogen and oxygen atoms in total. The highest BCUT2D eigenvalue weighted by molar-refractivity contribution is 9.10. The van der Waals surface area contributed by atoms with Gasteiger partial charge < -0.3 is 4.74 Å². The molecule has 70 valence electrons. The van der Waals surface area contributed by atoms with E-state index in [9.17, 15) is 10.1 Å². The molecule has 0 N–H and O–H groups in total. The average Bonchev–Trinajstić information content (AvgIpc) is 2.05. The SMILES string of the molecule is [B]C([B])([B])Oc1cnc(Br)cc1[N+](=O)[O-]. The van der Waals surface area contributed by atoms with Gasteiger partial charge in [0.05, 0.1) is 17.2 Å². The number of aromatic nitrogens is 1. The van der Waals surface area contributed by atoms with E-state index in [1.807, 2.05) is 0 Å². The van der Waals surface area contributed by atoms with Gasteiger partial charge in [0.15, 0.2) is 0 Å². The summed E-state index contributed by atoms with van der Waals surface area (Å²) in [5.74, 6) is -0.198. The third-order valence-electron chi connectivity index (χ3n) is 1.30. The Kier molecular flexibility index (Phi) is 3.44. The minimum absolute atomic E-state index is 0.198. The largest absolute Gasteiger partial charge is 0.509 e. The lowest BCUT2D eigenvalue weighted by molar-refractivity contribution is -0.386. The van der Waals surface area contributed by atoms with Gasteiger partial charge in [-0.3, -0.25) is 10.1 Å². The number of hydrogen-bond acceptors (Lipinski definition) is 4. The van der Waals surface area contributed by atoms with Gasteiger partial charge in [0, 0.05) is 0 Å². The van der Waals surface area contributed by atoms with E-state index in [0.29, 0.717) is 4.60 Å². The number of nitro groups is 1. The molecule has 0 saturated heterocycles. The summed E-state index contributed by atoms with van der Waals surface area (Å²) in [5.41, 5.74) is -0.331. The summed E-state index contributed by atoms with van der Waals surface area (Å²) in [5, 5.41) is 8.63. The second-order valence-corrected chi connectivity index (χ2v) is 3.50. The monoisotopic (exact) mass is 262 g/mol. The summed E-state index contributed by atoms with van der Waals surface area (Å²) in [6.07, 6.45) is 1.10. The first kappa shape index (κ1) is 12.1. The normalized spacial score (nSPS) is 11.0. The molecule has 6 radical (unpaired) electrons. The first-order chi connectivity index (χ1) is 6.79. The van der Waals surface area contributed by atoms with Gasteiger partial charge >= 0.3 is 5.69 Å². The standard InChI is InChI=1S/C6H2B3BrN2O3/c7-6(8,9)15-4-2-11-5(10)1-3(4)12(13)14/h1-2H. The number of rotatable bonds is 3. The van der Waals surface area contributed by atoms with Gasteiger partial charge in [-0.15, -0.1) is 0 Å². The molecule has 1 rings (SSSR count). The van der Waals surface area contributed by atoms with Gasteiger partial charge in [0.25, 0.3) is 0 Å². The molecule has 0 saturated carbocycles. The quantitative estimate of drug-likeness (QED) is 0.339. The fourth-order valence-electron chi connectivity index (χ4n) is 0.819. The summed E-state index contributed by atoms with van der Waals surface area (Å²) in [6, 6.07) is 1.15. The van der Waals surface area contributed by atoms with Gasteiger partial charge in [0.1, 0.15) is 28.1 Å². The molecule has 0 fully saturated rings. The number of nitrogens with zero attached hydrogens (tertiary/aromatic N) is 2. The predicted octanol–water partition coefficient (Wildman–Crippen LogP) is 0.248. The Hall–Kier alpha value is -0.975. The lowest BCUT2D eigenvalue weighted by Crippen LogP contribution is -2.37. The summed E-state index contributed by atoms with van der Waals surface area (Å²) < 4.78 is 5.05. The van der Waals surface area contributed by atoms with Crippen molar-refractivity contribution in [3.63, 3.8) is 0 Å². The number of ether oxygens (including phenoxy) is 1. The van der Waals surface area contributed by atoms with Gasteiger partial charge in [-0.25, -0.2) is 4.98 Å². The van der Waals surface area contributed by atoms with Crippen molar-refractivity contribution in [1.29, 1.82) is 0 Å². The molecular formula is C6H2B3BrN2O3. The first-order valence-corrected chi connectivity index (χ1v) is 4.44. The summed E-state index contributed by atoms with van der Waals surface area (Å²) in [4.78, 5) is 13.7. The Morgan fingerprint density at radius 2 is 2.13 bits per heavy atom. The van der Waals surface area contributed by atoms with Crippen LogP contribution in [0.3, 0.4) is 0 Å². The van der Waals surface area contributed by atoms with Crippen LogP contribution in [0.4, 0.5) is 5.69 Å². The molecule has 0 bridgehead atoms. The Bertz CT molecular complexity index is 396. The molecule has 1 aromatic heterocycles. The minimum atomic E-state index is -1.99. The minimum Gasteiger partial charge on any atom is -0.509 e. The Labute approximate surface area is 98.1 Å². The zero-order valence-electron chi connectivity index (χ0n) is 7.38. The van der Waals surface area contributed by atoms with Gasteiger partial charge in [0.2, 0.25) is 5.75 Å². The predicted molar refractivity (Wildman–Crippen MR) is 59.2 cm³/mol. The van der Waals surface area contributed by atoms with E-state index in [1.165, 1.54) is 0 Å². The van der Waals surface area contributed by atoms with E-state index < -0.39 is 10.2 Å². The van der Waals surface area contributed by atoms with Gasteiger partial charge in [-0.05, 0) is 21.2 Å². The van der Waals surface area contributed by atoms with Crippen LogP contribution >= 0.6 is 15.9 Å². The maximum absolute atomic E-state index is 10.6. The summed E-state index contributed by atoms with van der Waals surface area (Å²) >= 11 is 2.98. The van der Waals surface area contributed by atoms with E-state index in [2.05, 4.69) is 20.9 Å². The molecule has 0 aliphatic heterocycles. The smallest absolute Gasteiger partial charge is 0.315 e. The molecule has 1 aromatic rings. The van der Waals surface area contributed by atoms with Crippen LogP contribution in [0.1, 0.15) is 0 Å². The van der Waals surface area contributed by atoms with Crippen LogP contribution in [0.2, 0.25) is 0 Å². The highest BCUT2D eigenvalue weighted by Crippen LogP contribution is 2.29. The van der Waals surface area contributed by atoms with Crippen LogP contribution in [-0.2, 0) is 0 Å². The van der Waals surface area contributed by atoms with Crippen LogP contribution in [0.15, 0.2) is 16.9 Å². The third-order valence-corrected chi connectivity index (χ3v) is 1.73. The maximum Gasteiger partial charge on any atom is 0.315 e. The fourth-order valence-corrected chi connectivity index (χ4v) is 1.14. The molecule has 0 amide bonds. The van der Waals surface area contributed by atoms with Crippen molar-refractivity contribution in [1.82, 2.24) is 4.98 Å². The zero-order valence-corrected chi connectivity index (χ0v) is 8.97. The zero-order chi connectivity index (χ0) is 11.6. The maximum atomic E-state index is 10.6. The lowest BCUT2D eigenvalue weighted by atomic mass is 9.52. The molecule has 1 heterocycles. The van der Waals surface area contributed by atoms with Crippen molar-refractivity contribution in [2.24, 2.45) is 0 Å². The molecule has 9 heteroatoms. The summed E-state index contributed by atoms with van der Waals surface area (Å²) in [6.45, 7) is 0. The Morgan fingerprint density at radius 1 is 1.53 bits per heavy atom. The van der Waals surface area contributed by atoms with E-state index in [0.717, 1.165) is 12.3 Å². The van der Waals surface area contributed by atoms with Gasteiger partial charge in [-0.2, -0.15) is 0 Å². The second kappa shape index (κ2) is 4.26. The van der Waals surface area contributed by atoms with Crippen molar-refractivity contribution in [3.8, 4) is 5.75 Å². The van der Waals surface area contributed by atoms with E-state index in [1.54, 1.807) is 0 Å². The fraction of sp³-hybridized carbons (Fsp3) is 0.167. The van der Waals surface area contributed by atoms with Crippen molar-refractivity contribution >= 4 is 45.2 Å². The van der Waals surface area contributed by atoms with Crippen LogP contribution in [0, 0.1) is 10.1 Å². The van der Waals surface area contributed by atoms with Crippen LogP contribution in [-0.4, -0.2) is 38.7 Å². The number of hydrogen-bond donors (Lipinski definition) is 0.